The normalized spacial score (nSPS) is 16.2. The van der Waals surface area contributed by atoms with Crippen LogP contribution in [0.5, 0.6) is 0 Å². The van der Waals surface area contributed by atoms with Gasteiger partial charge in [0.1, 0.15) is 6.10 Å². The van der Waals surface area contributed by atoms with E-state index in [2.05, 4.69) is 48.3 Å². The molecule has 1 N–H and O–H groups in total. The molecule has 29 heavy (non-hydrogen) atoms. The third kappa shape index (κ3) is 5.35. The van der Waals surface area contributed by atoms with Crippen LogP contribution >= 0.6 is 0 Å². The van der Waals surface area contributed by atoms with Crippen LogP contribution in [-0.2, 0) is 16.1 Å². The molecular formula is C23H29N3O3. The monoisotopic (exact) mass is 395 g/mol. The minimum Gasteiger partial charge on any atom is -0.442 e. The minimum atomic E-state index is -0.381. The molecule has 6 nitrogen and oxygen atoms in total. The van der Waals surface area contributed by atoms with Crippen LogP contribution < -0.4 is 10.2 Å². The van der Waals surface area contributed by atoms with E-state index in [1.54, 1.807) is 4.90 Å². The van der Waals surface area contributed by atoms with Crippen LogP contribution in [0.2, 0.25) is 0 Å². The Hall–Kier alpha value is -2.86. The molecular weight excluding hydrogens is 366 g/mol. The predicted octanol–water partition coefficient (Wildman–Crippen LogP) is 3.66. The summed E-state index contributed by atoms with van der Waals surface area (Å²) in [5, 5.41) is 2.69. The SMILES string of the molecule is CCN(CC)Cc1ccc(-c2ccc(N3CC(CNC(C)=O)OC3=O)cc2)cc1. The van der Waals surface area contributed by atoms with Gasteiger partial charge in [-0.05, 0) is 41.9 Å². The van der Waals surface area contributed by atoms with Crippen molar-refractivity contribution in [3.8, 4) is 11.1 Å². The number of cyclic esters (lactones) is 1. The molecule has 0 bridgehead atoms. The van der Waals surface area contributed by atoms with Crippen LogP contribution in [0.15, 0.2) is 48.5 Å². The Morgan fingerprint density at radius 3 is 2.21 bits per heavy atom. The van der Waals surface area contributed by atoms with Gasteiger partial charge in [-0.3, -0.25) is 14.6 Å². The van der Waals surface area contributed by atoms with Crippen LogP contribution in [0, 0.1) is 0 Å². The standard InChI is InChI=1S/C23H29N3O3/c1-4-25(5-2)15-18-6-8-19(9-7-18)20-10-12-21(13-11-20)26-16-22(29-23(26)28)14-24-17(3)27/h6-13,22H,4-5,14-16H2,1-3H3,(H,24,27). The van der Waals surface area contributed by atoms with Crippen molar-refractivity contribution in [1.82, 2.24) is 10.2 Å². The van der Waals surface area contributed by atoms with Gasteiger partial charge in [-0.1, -0.05) is 50.2 Å². The molecule has 1 saturated heterocycles. The fourth-order valence-electron chi connectivity index (χ4n) is 3.44. The molecule has 0 radical (unpaired) electrons. The maximum atomic E-state index is 12.1. The van der Waals surface area contributed by atoms with Crippen molar-refractivity contribution in [2.45, 2.75) is 33.4 Å². The Morgan fingerprint density at radius 2 is 1.66 bits per heavy atom. The molecule has 1 fully saturated rings. The maximum Gasteiger partial charge on any atom is 0.414 e. The Morgan fingerprint density at radius 1 is 1.07 bits per heavy atom. The van der Waals surface area contributed by atoms with E-state index < -0.39 is 0 Å². The molecule has 3 rings (SSSR count). The Kier molecular flexibility index (Phi) is 6.88. The van der Waals surface area contributed by atoms with Gasteiger partial charge in [0.2, 0.25) is 5.91 Å². The molecule has 1 unspecified atom stereocenters. The molecule has 1 heterocycles. The number of nitrogens with zero attached hydrogens (tertiary/aromatic N) is 2. The number of rotatable bonds is 8. The first kappa shape index (κ1) is 20.9. The summed E-state index contributed by atoms with van der Waals surface area (Å²) in [5.74, 6) is -0.132. The van der Waals surface area contributed by atoms with E-state index in [0.29, 0.717) is 13.1 Å². The molecule has 6 heteroatoms. The quantitative estimate of drug-likeness (QED) is 0.741. The summed E-state index contributed by atoms with van der Waals surface area (Å²) in [6.07, 6.45) is -0.710. The summed E-state index contributed by atoms with van der Waals surface area (Å²) in [7, 11) is 0. The van der Waals surface area contributed by atoms with Crippen molar-refractivity contribution >= 4 is 17.7 Å². The van der Waals surface area contributed by atoms with Crippen LogP contribution in [-0.4, -0.2) is 49.2 Å². The fraction of sp³-hybridized carbons (Fsp3) is 0.391. The van der Waals surface area contributed by atoms with E-state index in [1.807, 2.05) is 24.3 Å². The lowest BCUT2D eigenvalue weighted by Crippen LogP contribution is -2.33. The number of hydrogen-bond donors (Lipinski definition) is 1. The fourth-order valence-corrected chi connectivity index (χ4v) is 3.44. The average molecular weight is 396 g/mol. The smallest absolute Gasteiger partial charge is 0.414 e. The number of amides is 2. The Balaban J connectivity index is 1.64. The van der Waals surface area contributed by atoms with Crippen molar-refractivity contribution in [2.24, 2.45) is 0 Å². The van der Waals surface area contributed by atoms with Crippen LogP contribution in [0.4, 0.5) is 10.5 Å². The second-order valence-corrected chi connectivity index (χ2v) is 7.26. The molecule has 1 atom stereocenters. The van der Waals surface area contributed by atoms with Gasteiger partial charge in [0.15, 0.2) is 0 Å². The number of ether oxygens (including phenoxy) is 1. The van der Waals surface area contributed by atoms with Gasteiger partial charge in [-0.25, -0.2) is 4.79 Å². The highest BCUT2D eigenvalue weighted by atomic mass is 16.6. The van der Waals surface area contributed by atoms with Gasteiger partial charge in [0.05, 0.1) is 13.1 Å². The Labute approximate surface area is 172 Å². The summed E-state index contributed by atoms with van der Waals surface area (Å²) in [6, 6.07) is 16.5. The number of anilines is 1. The molecule has 154 valence electrons. The van der Waals surface area contributed by atoms with E-state index in [1.165, 1.54) is 12.5 Å². The largest absolute Gasteiger partial charge is 0.442 e. The lowest BCUT2D eigenvalue weighted by Gasteiger charge is -2.18. The van der Waals surface area contributed by atoms with Gasteiger partial charge in [0.25, 0.3) is 0 Å². The molecule has 1 aliphatic heterocycles. The summed E-state index contributed by atoms with van der Waals surface area (Å²) in [6.45, 7) is 9.62. The van der Waals surface area contributed by atoms with E-state index >= 15 is 0 Å². The van der Waals surface area contributed by atoms with Crippen molar-refractivity contribution in [3.63, 3.8) is 0 Å². The second-order valence-electron chi connectivity index (χ2n) is 7.26. The van der Waals surface area contributed by atoms with Gasteiger partial charge in [-0.15, -0.1) is 0 Å². The molecule has 0 aliphatic carbocycles. The molecule has 0 saturated carbocycles. The summed E-state index contributed by atoms with van der Waals surface area (Å²) < 4.78 is 5.33. The van der Waals surface area contributed by atoms with E-state index in [0.717, 1.165) is 36.4 Å². The van der Waals surface area contributed by atoms with E-state index in [-0.39, 0.29) is 18.1 Å². The first-order valence-electron chi connectivity index (χ1n) is 10.1. The number of hydrogen-bond acceptors (Lipinski definition) is 4. The lowest BCUT2D eigenvalue weighted by molar-refractivity contribution is -0.119. The lowest BCUT2D eigenvalue weighted by atomic mass is 10.0. The minimum absolute atomic E-state index is 0.132. The highest BCUT2D eigenvalue weighted by molar-refractivity contribution is 5.90. The van der Waals surface area contributed by atoms with Gasteiger partial charge in [-0.2, -0.15) is 0 Å². The van der Waals surface area contributed by atoms with Crippen molar-refractivity contribution in [1.29, 1.82) is 0 Å². The molecule has 2 amide bonds. The van der Waals surface area contributed by atoms with Crippen molar-refractivity contribution in [2.75, 3.05) is 31.1 Å². The summed E-state index contributed by atoms with van der Waals surface area (Å²) in [5.41, 5.74) is 4.35. The number of carbonyl (C=O) groups is 2. The van der Waals surface area contributed by atoms with Crippen LogP contribution in [0.3, 0.4) is 0 Å². The first-order valence-corrected chi connectivity index (χ1v) is 10.1. The maximum absolute atomic E-state index is 12.1. The van der Waals surface area contributed by atoms with Crippen molar-refractivity contribution in [3.05, 3.63) is 54.1 Å². The van der Waals surface area contributed by atoms with Gasteiger partial charge < -0.3 is 10.1 Å². The van der Waals surface area contributed by atoms with E-state index in [9.17, 15) is 9.59 Å². The third-order valence-electron chi connectivity index (χ3n) is 5.22. The summed E-state index contributed by atoms with van der Waals surface area (Å²) >= 11 is 0. The average Bonchev–Trinajstić information content (AvgIpc) is 3.11. The van der Waals surface area contributed by atoms with Gasteiger partial charge in [0, 0.05) is 19.2 Å². The van der Waals surface area contributed by atoms with Gasteiger partial charge >= 0.3 is 6.09 Å². The zero-order chi connectivity index (χ0) is 20.8. The highest BCUT2D eigenvalue weighted by Gasteiger charge is 2.32. The number of nitrogens with one attached hydrogen (secondary N) is 1. The first-order chi connectivity index (χ1) is 14.0. The zero-order valence-electron chi connectivity index (χ0n) is 17.4. The summed E-state index contributed by atoms with van der Waals surface area (Å²) in [4.78, 5) is 27.2. The molecule has 1 aliphatic rings. The number of carbonyl (C=O) groups excluding carboxylic acids is 2. The van der Waals surface area contributed by atoms with Crippen LogP contribution in [0.25, 0.3) is 11.1 Å². The number of benzene rings is 2. The second kappa shape index (κ2) is 9.56. The molecule has 2 aromatic carbocycles. The third-order valence-corrected chi connectivity index (χ3v) is 5.22. The molecule has 2 aromatic rings. The van der Waals surface area contributed by atoms with Crippen molar-refractivity contribution < 1.29 is 14.3 Å². The van der Waals surface area contributed by atoms with Crippen LogP contribution in [0.1, 0.15) is 26.3 Å². The van der Waals surface area contributed by atoms with E-state index in [4.69, 9.17) is 4.74 Å². The zero-order valence-corrected chi connectivity index (χ0v) is 17.4. The topological polar surface area (TPSA) is 61.9 Å². The Bertz CT molecular complexity index is 829. The molecule has 0 aromatic heterocycles. The predicted molar refractivity (Wildman–Crippen MR) is 115 cm³/mol. The molecule has 0 spiro atoms. The highest BCUT2D eigenvalue weighted by Crippen LogP contribution is 2.26.